The molecule has 1 aromatic rings. The minimum Gasteiger partial charge on any atom is -0.497 e. The van der Waals surface area contributed by atoms with Gasteiger partial charge in [0.1, 0.15) is 17.5 Å². The van der Waals surface area contributed by atoms with Crippen LogP contribution >= 0.6 is 0 Å². The van der Waals surface area contributed by atoms with E-state index < -0.39 is 12.0 Å². The molecule has 0 aromatic heterocycles. The van der Waals surface area contributed by atoms with E-state index >= 15 is 0 Å². The van der Waals surface area contributed by atoms with Gasteiger partial charge in [0.25, 0.3) is 0 Å². The first-order valence-corrected chi connectivity index (χ1v) is 6.87. The number of amides is 1. The number of methoxy groups -OCH3 is 2. The predicted molar refractivity (Wildman–Crippen MR) is 82.5 cm³/mol. The molecule has 22 heavy (non-hydrogen) atoms. The van der Waals surface area contributed by atoms with Gasteiger partial charge in [0.15, 0.2) is 0 Å². The fraction of sp³-hybridized carbons (Fsp3) is 0.467. The number of carboxylic acid groups (broad SMARTS) is 1. The zero-order valence-electron chi connectivity index (χ0n) is 13.3. The zero-order valence-corrected chi connectivity index (χ0v) is 13.3. The van der Waals surface area contributed by atoms with E-state index in [-0.39, 0.29) is 12.5 Å². The number of anilines is 1. The molecule has 1 aromatic carbocycles. The Hall–Kier alpha value is -2.28. The third-order valence-electron chi connectivity index (χ3n) is 3.23. The quantitative estimate of drug-likeness (QED) is 0.755. The van der Waals surface area contributed by atoms with Crippen molar-refractivity contribution in [2.75, 3.05) is 33.1 Å². The Labute approximate surface area is 129 Å². The lowest BCUT2D eigenvalue weighted by atomic mass is 10.2. The summed E-state index contributed by atoms with van der Waals surface area (Å²) in [6.07, 6.45) is 0.423. The van der Waals surface area contributed by atoms with E-state index in [9.17, 15) is 9.59 Å². The number of nitrogens with zero attached hydrogens (tertiary/aromatic N) is 1. The van der Waals surface area contributed by atoms with Crippen molar-refractivity contribution in [1.82, 2.24) is 4.90 Å². The Balaban J connectivity index is 2.74. The van der Waals surface area contributed by atoms with Gasteiger partial charge >= 0.3 is 5.97 Å². The molecule has 0 radical (unpaired) electrons. The van der Waals surface area contributed by atoms with Crippen molar-refractivity contribution < 1.29 is 24.2 Å². The van der Waals surface area contributed by atoms with E-state index in [1.54, 1.807) is 32.2 Å². The second-order valence-electron chi connectivity index (χ2n) is 4.83. The van der Waals surface area contributed by atoms with Gasteiger partial charge in [-0.3, -0.25) is 14.5 Å². The Morgan fingerprint density at radius 3 is 2.18 bits per heavy atom. The van der Waals surface area contributed by atoms with Crippen molar-refractivity contribution in [3.63, 3.8) is 0 Å². The highest BCUT2D eigenvalue weighted by Crippen LogP contribution is 2.25. The van der Waals surface area contributed by atoms with Gasteiger partial charge in [-0.2, -0.15) is 0 Å². The van der Waals surface area contributed by atoms with Crippen molar-refractivity contribution in [2.24, 2.45) is 0 Å². The summed E-state index contributed by atoms with van der Waals surface area (Å²) >= 11 is 0. The number of benzene rings is 1. The Morgan fingerprint density at radius 1 is 1.23 bits per heavy atom. The molecule has 1 amide bonds. The van der Waals surface area contributed by atoms with E-state index in [0.29, 0.717) is 23.6 Å². The van der Waals surface area contributed by atoms with Crippen LogP contribution in [0.5, 0.6) is 11.5 Å². The van der Waals surface area contributed by atoms with Crippen molar-refractivity contribution in [3.05, 3.63) is 18.2 Å². The second-order valence-corrected chi connectivity index (χ2v) is 4.83. The number of aliphatic carboxylic acids is 1. The molecule has 2 N–H and O–H groups in total. The van der Waals surface area contributed by atoms with Gasteiger partial charge in [0.2, 0.25) is 5.91 Å². The van der Waals surface area contributed by atoms with Crippen LogP contribution in [0.15, 0.2) is 18.2 Å². The van der Waals surface area contributed by atoms with Gasteiger partial charge in [-0.25, -0.2) is 0 Å². The van der Waals surface area contributed by atoms with Crippen LogP contribution < -0.4 is 14.8 Å². The first kappa shape index (κ1) is 17.8. The minimum atomic E-state index is -0.944. The number of likely N-dealkylation sites (N-methyl/N-ethyl adjacent to an activating group) is 1. The van der Waals surface area contributed by atoms with E-state index in [1.807, 2.05) is 0 Å². The summed E-state index contributed by atoms with van der Waals surface area (Å²) in [5.41, 5.74) is 0.526. The summed E-state index contributed by atoms with van der Waals surface area (Å²) in [7, 11) is 4.65. The lowest BCUT2D eigenvalue weighted by Crippen LogP contribution is -2.42. The van der Waals surface area contributed by atoms with E-state index in [4.69, 9.17) is 14.6 Å². The number of rotatable bonds is 8. The van der Waals surface area contributed by atoms with Gasteiger partial charge in [-0.15, -0.1) is 0 Å². The molecule has 0 spiro atoms. The summed E-state index contributed by atoms with van der Waals surface area (Å²) < 4.78 is 10.3. The molecule has 7 heteroatoms. The van der Waals surface area contributed by atoms with Crippen LogP contribution in [0.3, 0.4) is 0 Å². The molecule has 7 nitrogen and oxygen atoms in total. The van der Waals surface area contributed by atoms with Crippen LogP contribution in [0, 0.1) is 0 Å². The second kappa shape index (κ2) is 8.23. The maximum Gasteiger partial charge on any atom is 0.320 e. The van der Waals surface area contributed by atoms with Gasteiger partial charge in [0.05, 0.1) is 20.8 Å². The topological polar surface area (TPSA) is 88.1 Å². The number of hydrogen-bond acceptors (Lipinski definition) is 5. The number of ether oxygens (including phenoxy) is 2. The third-order valence-corrected chi connectivity index (χ3v) is 3.23. The SMILES string of the molecule is CCC(C(=O)O)N(C)CC(=O)Nc1cc(OC)cc(OC)c1. The first-order valence-electron chi connectivity index (χ1n) is 6.87. The summed E-state index contributed by atoms with van der Waals surface area (Å²) in [6.45, 7) is 1.74. The maximum absolute atomic E-state index is 12.0. The van der Waals surface area contributed by atoms with Crippen LogP contribution in [0.25, 0.3) is 0 Å². The number of carbonyl (C=O) groups is 2. The molecule has 0 saturated carbocycles. The number of carboxylic acids is 1. The molecule has 0 aliphatic rings. The number of nitrogens with one attached hydrogen (secondary N) is 1. The highest BCUT2D eigenvalue weighted by atomic mass is 16.5. The first-order chi connectivity index (χ1) is 10.4. The Morgan fingerprint density at radius 2 is 1.77 bits per heavy atom. The molecule has 0 aliphatic carbocycles. The van der Waals surface area contributed by atoms with Crippen molar-refractivity contribution in [2.45, 2.75) is 19.4 Å². The fourth-order valence-corrected chi connectivity index (χ4v) is 2.09. The van der Waals surface area contributed by atoms with Crippen LogP contribution in [-0.2, 0) is 9.59 Å². The molecule has 0 bridgehead atoms. The average molecular weight is 310 g/mol. The predicted octanol–water partition coefficient (Wildman–Crippen LogP) is 1.44. The molecule has 1 rings (SSSR count). The van der Waals surface area contributed by atoms with Gasteiger partial charge in [-0.05, 0) is 13.5 Å². The normalized spacial score (nSPS) is 11.9. The van der Waals surface area contributed by atoms with Gasteiger partial charge in [-0.1, -0.05) is 6.92 Å². The largest absolute Gasteiger partial charge is 0.497 e. The third kappa shape index (κ3) is 4.92. The number of hydrogen-bond donors (Lipinski definition) is 2. The molecule has 122 valence electrons. The molecular weight excluding hydrogens is 288 g/mol. The van der Waals surface area contributed by atoms with Crippen molar-refractivity contribution >= 4 is 17.6 Å². The van der Waals surface area contributed by atoms with E-state index in [1.165, 1.54) is 19.1 Å². The highest BCUT2D eigenvalue weighted by molar-refractivity contribution is 5.93. The standard InChI is InChI=1S/C15H22N2O5/c1-5-13(15(19)20)17(2)9-14(18)16-10-6-11(21-3)8-12(7-10)22-4/h6-8,13H,5,9H2,1-4H3,(H,16,18)(H,19,20). The molecule has 0 saturated heterocycles. The summed E-state index contributed by atoms with van der Waals surface area (Å²) in [6, 6.07) is 4.33. The average Bonchev–Trinajstić information content (AvgIpc) is 2.46. The maximum atomic E-state index is 12.0. The van der Waals surface area contributed by atoms with E-state index in [2.05, 4.69) is 5.32 Å². The lowest BCUT2D eigenvalue weighted by Gasteiger charge is -2.22. The zero-order chi connectivity index (χ0) is 16.7. The molecular formula is C15H22N2O5. The van der Waals surface area contributed by atoms with Crippen molar-refractivity contribution in [3.8, 4) is 11.5 Å². The van der Waals surface area contributed by atoms with Crippen LogP contribution in [-0.4, -0.2) is 55.7 Å². The number of carbonyl (C=O) groups excluding carboxylic acids is 1. The lowest BCUT2D eigenvalue weighted by molar-refractivity contribution is -0.143. The molecule has 1 unspecified atom stereocenters. The summed E-state index contributed by atoms with van der Waals surface area (Å²) in [5.74, 6) is -0.140. The van der Waals surface area contributed by atoms with Crippen LogP contribution in [0.1, 0.15) is 13.3 Å². The minimum absolute atomic E-state index is 0.0235. The Kier molecular flexibility index (Phi) is 6.65. The Bertz CT molecular complexity index is 510. The summed E-state index contributed by atoms with van der Waals surface area (Å²) in [4.78, 5) is 24.6. The smallest absolute Gasteiger partial charge is 0.320 e. The van der Waals surface area contributed by atoms with Crippen LogP contribution in [0.2, 0.25) is 0 Å². The van der Waals surface area contributed by atoms with Crippen molar-refractivity contribution in [1.29, 1.82) is 0 Å². The summed E-state index contributed by atoms with van der Waals surface area (Å²) in [5, 5.41) is 11.8. The van der Waals surface area contributed by atoms with E-state index in [0.717, 1.165) is 0 Å². The molecule has 0 aliphatic heterocycles. The fourth-order valence-electron chi connectivity index (χ4n) is 2.09. The highest BCUT2D eigenvalue weighted by Gasteiger charge is 2.22. The molecule has 0 fully saturated rings. The van der Waals surface area contributed by atoms with Crippen LogP contribution in [0.4, 0.5) is 5.69 Å². The van der Waals surface area contributed by atoms with Gasteiger partial charge < -0.3 is 19.9 Å². The molecule has 0 heterocycles. The molecule has 1 atom stereocenters. The monoisotopic (exact) mass is 310 g/mol. The van der Waals surface area contributed by atoms with Gasteiger partial charge in [0, 0.05) is 23.9 Å².